The molecule has 1 fully saturated rings. The van der Waals surface area contributed by atoms with Crippen LogP contribution >= 0.6 is 0 Å². The summed E-state index contributed by atoms with van der Waals surface area (Å²) in [6, 6.07) is 10.8. The van der Waals surface area contributed by atoms with Crippen LogP contribution in [0.4, 0.5) is 0 Å². The molecule has 3 rings (SSSR count). The number of benzene rings is 1. The zero-order chi connectivity index (χ0) is 18.5. The summed E-state index contributed by atoms with van der Waals surface area (Å²) in [5, 5.41) is 9.00. The lowest BCUT2D eigenvalue weighted by molar-refractivity contribution is -0.130. The SMILES string of the molecule is Cn1ccc(CC(=O)N2CCCN(C(=O)c3cccc(C#N)c3)CC2)c1. The van der Waals surface area contributed by atoms with Crippen molar-refractivity contribution in [2.24, 2.45) is 7.05 Å². The molecule has 1 saturated heterocycles. The standard InChI is InChI=1S/C20H22N4O2/c1-22-9-6-17(15-22)13-19(25)23-7-3-8-24(11-10-23)20(26)18-5-2-4-16(12-18)14-21/h2,4-6,9,12,15H,3,7-8,10-11,13H2,1H3. The molecule has 2 heterocycles. The van der Waals surface area contributed by atoms with Gasteiger partial charge in [-0.3, -0.25) is 9.59 Å². The summed E-state index contributed by atoms with van der Waals surface area (Å²) < 4.78 is 1.93. The van der Waals surface area contributed by atoms with Gasteiger partial charge in [0.15, 0.2) is 0 Å². The maximum Gasteiger partial charge on any atom is 0.253 e. The third-order valence-electron chi connectivity index (χ3n) is 4.62. The van der Waals surface area contributed by atoms with Gasteiger partial charge in [-0.25, -0.2) is 0 Å². The van der Waals surface area contributed by atoms with Crippen molar-refractivity contribution in [2.75, 3.05) is 26.2 Å². The summed E-state index contributed by atoms with van der Waals surface area (Å²) >= 11 is 0. The van der Waals surface area contributed by atoms with Gasteiger partial charge in [0.05, 0.1) is 18.1 Å². The fraction of sp³-hybridized carbons (Fsp3) is 0.350. The van der Waals surface area contributed by atoms with Crippen molar-refractivity contribution < 1.29 is 9.59 Å². The van der Waals surface area contributed by atoms with Crippen molar-refractivity contribution in [1.82, 2.24) is 14.4 Å². The van der Waals surface area contributed by atoms with E-state index >= 15 is 0 Å². The number of hydrogen-bond acceptors (Lipinski definition) is 3. The van der Waals surface area contributed by atoms with Crippen LogP contribution in [0.15, 0.2) is 42.7 Å². The van der Waals surface area contributed by atoms with Crippen LogP contribution in [0, 0.1) is 11.3 Å². The van der Waals surface area contributed by atoms with Crippen molar-refractivity contribution in [3.63, 3.8) is 0 Å². The summed E-state index contributed by atoms with van der Waals surface area (Å²) in [7, 11) is 1.94. The Hall–Kier alpha value is -3.07. The molecular weight excluding hydrogens is 328 g/mol. The molecule has 0 N–H and O–H groups in total. The van der Waals surface area contributed by atoms with Gasteiger partial charge < -0.3 is 14.4 Å². The number of nitrogens with zero attached hydrogens (tertiary/aromatic N) is 4. The third kappa shape index (κ3) is 4.12. The quantitative estimate of drug-likeness (QED) is 0.848. The average Bonchev–Trinajstić information content (AvgIpc) is 2.92. The van der Waals surface area contributed by atoms with Crippen LogP contribution in [0.5, 0.6) is 0 Å². The normalized spacial score (nSPS) is 14.6. The van der Waals surface area contributed by atoms with Gasteiger partial charge in [-0.05, 0) is 36.2 Å². The van der Waals surface area contributed by atoms with E-state index in [1.165, 1.54) is 0 Å². The van der Waals surface area contributed by atoms with E-state index in [0.717, 1.165) is 12.0 Å². The second-order valence-corrected chi connectivity index (χ2v) is 6.58. The van der Waals surface area contributed by atoms with Crippen LogP contribution in [0.2, 0.25) is 0 Å². The maximum atomic E-state index is 12.7. The van der Waals surface area contributed by atoms with Gasteiger partial charge in [0.1, 0.15) is 0 Å². The van der Waals surface area contributed by atoms with E-state index < -0.39 is 0 Å². The molecule has 0 spiro atoms. The first-order valence-electron chi connectivity index (χ1n) is 8.75. The molecule has 1 aromatic carbocycles. The van der Waals surface area contributed by atoms with E-state index in [0.29, 0.717) is 43.7 Å². The van der Waals surface area contributed by atoms with Crippen molar-refractivity contribution in [1.29, 1.82) is 5.26 Å². The van der Waals surface area contributed by atoms with E-state index in [2.05, 4.69) is 6.07 Å². The molecule has 1 aliphatic heterocycles. The number of aryl methyl sites for hydroxylation is 1. The molecule has 0 bridgehead atoms. The molecular formula is C20H22N4O2. The molecule has 6 heteroatoms. The van der Waals surface area contributed by atoms with Crippen molar-refractivity contribution in [2.45, 2.75) is 12.8 Å². The highest BCUT2D eigenvalue weighted by atomic mass is 16.2. The molecule has 2 aromatic rings. The molecule has 1 aliphatic rings. The van der Waals surface area contributed by atoms with Gasteiger partial charge in [0.2, 0.25) is 5.91 Å². The number of amides is 2. The van der Waals surface area contributed by atoms with Crippen molar-refractivity contribution in [3.05, 3.63) is 59.4 Å². The lowest BCUT2D eigenvalue weighted by atomic mass is 10.1. The van der Waals surface area contributed by atoms with Crippen LogP contribution in [-0.2, 0) is 18.3 Å². The lowest BCUT2D eigenvalue weighted by Crippen LogP contribution is -2.38. The number of aromatic nitrogens is 1. The van der Waals surface area contributed by atoms with E-state index in [-0.39, 0.29) is 11.8 Å². The first-order chi connectivity index (χ1) is 12.6. The molecule has 0 saturated carbocycles. The van der Waals surface area contributed by atoms with E-state index in [1.54, 1.807) is 29.2 Å². The highest BCUT2D eigenvalue weighted by molar-refractivity contribution is 5.94. The third-order valence-corrected chi connectivity index (χ3v) is 4.62. The molecule has 0 radical (unpaired) electrons. The molecule has 1 aromatic heterocycles. The second-order valence-electron chi connectivity index (χ2n) is 6.58. The summed E-state index contributed by atoms with van der Waals surface area (Å²) in [6.07, 6.45) is 5.03. The van der Waals surface area contributed by atoms with Crippen LogP contribution < -0.4 is 0 Å². The van der Waals surface area contributed by atoms with Crippen LogP contribution in [0.25, 0.3) is 0 Å². The largest absolute Gasteiger partial charge is 0.357 e. The number of hydrogen-bond donors (Lipinski definition) is 0. The number of carbonyl (C=O) groups excluding carboxylic acids is 2. The van der Waals surface area contributed by atoms with Gasteiger partial charge >= 0.3 is 0 Å². The molecule has 0 aliphatic carbocycles. The Morgan fingerprint density at radius 2 is 1.88 bits per heavy atom. The van der Waals surface area contributed by atoms with Crippen molar-refractivity contribution in [3.8, 4) is 6.07 Å². The first kappa shape index (κ1) is 17.7. The zero-order valence-corrected chi connectivity index (χ0v) is 14.9. The van der Waals surface area contributed by atoms with Crippen LogP contribution in [0.1, 0.15) is 27.9 Å². The predicted octanol–water partition coefficient (Wildman–Crippen LogP) is 1.81. The smallest absolute Gasteiger partial charge is 0.253 e. The van der Waals surface area contributed by atoms with Gasteiger partial charge in [-0.15, -0.1) is 0 Å². The van der Waals surface area contributed by atoms with Crippen LogP contribution in [-0.4, -0.2) is 52.4 Å². The summed E-state index contributed by atoms with van der Waals surface area (Å²) in [4.78, 5) is 28.8. The molecule has 134 valence electrons. The van der Waals surface area contributed by atoms with Gasteiger partial charge in [-0.2, -0.15) is 5.26 Å². The Morgan fingerprint density at radius 1 is 1.12 bits per heavy atom. The Morgan fingerprint density at radius 3 is 2.62 bits per heavy atom. The molecule has 26 heavy (non-hydrogen) atoms. The second kappa shape index (κ2) is 7.87. The number of nitriles is 1. The van der Waals surface area contributed by atoms with E-state index in [4.69, 9.17) is 5.26 Å². The molecule has 2 amide bonds. The predicted molar refractivity (Wildman–Crippen MR) is 97.4 cm³/mol. The van der Waals surface area contributed by atoms with Gasteiger partial charge in [-0.1, -0.05) is 6.07 Å². The Labute approximate surface area is 153 Å². The maximum absolute atomic E-state index is 12.7. The number of rotatable bonds is 3. The molecule has 0 unspecified atom stereocenters. The van der Waals surface area contributed by atoms with E-state index in [1.807, 2.05) is 35.0 Å². The Bertz CT molecular complexity index is 849. The first-order valence-corrected chi connectivity index (χ1v) is 8.75. The molecule has 0 atom stereocenters. The molecule has 6 nitrogen and oxygen atoms in total. The fourth-order valence-electron chi connectivity index (χ4n) is 3.23. The van der Waals surface area contributed by atoms with Gasteiger partial charge in [0.25, 0.3) is 5.91 Å². The summed E-state index contributed by atoms with van der Waals surface area (Å²) in [5.41, 5.74) is 2.00. The highest BCUT2D eigenvalue weighted by Crippen LogP contribution is 2.12. The van der Waals surface area contributed by atoms with Crippen LogP contribution in [0.3, 0.4) is 0 Å². The summed E-state index contributed by atoms with van der Waals surface area (Å²) in [5.74, 6) is 0.0106. The minimum absolute atomic E-state index is 0.0838. The highest BCUT2D eigenvalue weighted by Gasteiger charge is 2.23. The van der Waals surface area contributed by atoms with Gasteiger partial charge in [0, 0.05) is 51.2 Å². The number of carbonyl (C=O) groups is 2. The zero-order valence-electron chi connectivity index (χ0n) is 14.9. The summed E-state index contributed by atoms with van der Waals surface area (Å²) in [6.45, 7) is 2.32. The minimum Gasteiger partial charge on any atom is -0.357 e. The van der Waals surface area contributed by atoms with E-state index in [9.17, 15) is 9.59 Å². The Kier molecular flexibility index (Phi) is 5.37. The Balaban J connectivity index is 1.61. The minimum atomic E-state index is -0.0838. The topological polar surface area (TPSA) is 69.3 Å². The van der Waals surface area contributed by atoms with Crippen molar-refractivity contribution >= 4 is 11.8 Å². The average molecular weight is 350 g/mol. The monoisotopic (exact) mass is 350 g/mol. The lowest BCUT2D eigenvalue weighted by Gasteiger charge is -2.22. The fourth-order valence-corrected chi connectivity index (χ4v) is 3.23.